The second-order valence-corrected chi connectivity index (χ2v) is 7.08. The Kier molecular flexibility index (Phi) is 3.93. The monoisotopic (exact) mass is 337 g/mol. The number of hydrogen-bond donors (Lipinski definition) is 1. The highest BCUT2D eigenvalue weighted by Gasteiger charge is 2.18. The molecule has 3 heteroatoms. The van der Waals surface area contributed by atoms with Gasteiger partial charge in [-0.3, -0.25) is 0 Å². The molecule has 0 fully saturated rings. The summed E-state index contributed by atoms with van der Waals surface area (Å²) in [6, 6.07) is 12.1. The van der Waals surface area contributed by atoms with Gasteiger partial charge in [-0.25, -0.2) is 4.98 Å². The van der Waals surface area contributed by atoms with Gasteiger partial charge in [0.2, 0.25) is 0 Å². The normalized spacial score (nSPS) is 13.9. The first-order valence-electron chi connectivity index (χ1n) is 8.51. The number of aromatic hydroxyl groups is 1. The largest absolute Gasteiger partial charge is 0.506 e. The molecule has 1 aliphatic carbocycles. The van der Waals surface area contributed by atoms with Crippen molar-refractivity contribution in [3.8, 4) is 5.75 Å². The summed E-state index contributed by atoms with van der Waals surface area (Å²) in [5, 5.41) is 12.4. The minimum Gasteiger partial charge on any atom is -0.506 e. The standard InChI is InChI=1S/C21H20ClNO/c1-13-17-11-8-15-4-2-3-5-18(15)20(17)23-19(21(13)24)12-14-6-9-16(22)10-7-14/h6-11,24H,2-5,12H2,1H3. The van der Waals surface area contributed by atoms with E-state index in [1.807, 2.05) is 31.2 Å². The molecule has 0 bridgehead atoms. The first-order valence-corrected chi connectivity index (χ1v) is 8.88. The van der Waals surface area contributed by atoms with Crippen molar-refractivity contribution in [1.82, 2.24) is 4.98 Å². The van der Waals surface area contributed by atoms with Gasteiger partial charge in [-0.2, -0.15) is 0 Å². The van der Waals surface area contributed by atoms with E-state index in [1.165, 1.54) is 24.0 Å². The zero-order valence-corrected chi connectivity index (χ0v) is 14.5. The van der Waals surface area contributed by atoms with Crippen LogP contribution >= 0.6 is 11.6 Å². The van der Waals surface area contributed by atoms with Gasteiger partial charge in [-0.05, 0) is 61.4 Å². The molecule has 0 amide bonds. The highest BCUT2D eigenvalue weighted by molar-refractivity contribution is 6.30. The third-order valence-electron chi connectivity index (χ3n) is 5.07. The van der Waals surface area contributed by atoms with E-state index in [0.29, 0.717) is 12.2 Å². The topological polar surface area (TPSA) is 33.1 Å². The summed E-state index contributed by atoms with van der Waals surface area (Å²) in [7, 11) is 0. The van der Waals surface area contributed by atoms with E-state index in [1.54, 1.807) is 0 Å². The van der Waals surface area contributed by atoms with Crippen molar-refractivity contribution in [2.45, 2.75) is 39.0 Å². The average Bonchev–Trinajstić information content (AvgIpc) is 2.61. The lowest BCUT2D eigenvalue weighted by Crippen LogP contribution is -2.06. The Hall–Kier alpha value is -2.06. The molecule has 1 heterocycles. The number of pyridine rings is 1. The average molecular weight is 338 g/mol. The van der Waals surface area contributed by atoms with Crippen LogP contribution in [-0.4, -0.2) is 10.1 Å². The molecule has 2 nitrogen and oxygen atoms in total. The molecule has 2 aromatic carbocycles. The summed E-state index contributed by atoms with van der Waals surface area (Å²) in [4.78, 5) is 4.88. The third kappa shape index (κ3) is 2.65. The lowest BCUT2D eigenvalue weighted by molar-refractivity contribution is 0.463. The summed E-state index contributed by atoms with van der Waals surface area (Å²) in [5.41, 5.74) is 6.65. The molecule has 0 aliphatic heterocycles. The number of halogens is 1. The molecule has 0 saturated carbocycles. The Morgan fingerprint density at radius 2 is 1.79 bits per heavy atom. The highest BCUT2D eigenvalue weighted by Crippen LogP contribution is 2.34. The van der Waals surface area contributed by atoms with Crippen LogP contribution < -0.4 is 0 Å². The molecule has 3 aromatic rings. The predicted molar refractivity (Wildman–Crippen MR) is 99.0 cm³/mol. The van der Waals surface area contributed by atoms with Crippen molar-refractivity contribution < 1.29 is 5.11 Å². The minimum absolute atomic E-state index is 0.313. The molecule has 4 rings (SSSR count). The number of rotatable bonds is 2. The predicted octanol–water partition coefficient (Wildman–Crippen LogP) is 5.37. The number of nitrogens with zero attached hydrogens (tertiary/aromatic N) is 1. The van der Waals surface area contributed by atoms with E-state index in [9.17, 15) is 5.11 Å². The number of benzene rings is 2. The molecule has 1 aliphatic rings. The van der Waals surface area contributed by atoms with E-state index in [0.717, 1.165) is 45.6 Å². The Balaban J connectivity index is 1.86. The Morgan fingerprint density at radius 3 is 2.58 bits per heavy atom. The van der Waals surface area contributed by atoms with Crippen LogP contribution in [0.15, 0.2) is 36.4 Å². The van der Waals surface area contributed by atoms with Crippen molar-refractivity contribution in [3.63, 3.8) is 0 Å². The van der Waals surface area contributed by atoms with Gasteiger partial charge in [-0.1, -0.05) is 35.9 Å². The Bertz CT molecular complexity index is 916. The summed E-state index contributed by atoms with van der Waals surface area (Å²) >= 11 is 5.96. The van der Waals surface area contributed by atoms with Gasteiger partial charge < -0.3 is 5.11 Å². The second-order valence-electron chi connectivity index (χ2n) is 6.64. The van der Waals surface area contributed by atoms with E-state index in [-0.39, 0.29) is 0 Å². The van der Waals surface area contributed by atoms with Gasteiger partial charge in [-0.15, -0.1) is 0 Å². The van der Waals surface area contributed by atoms with Crippen LogP contribution in [-0.2, 0) is 19.3 Å². The zero-order valence-electron chi connectivity index (χ0n) is 13.8. The minimum atomic E-state index is 0.313. The lowest BCUT2D eigenvalue weighted by atomic mass is 9.88. The van der Waals surface area contributed by atoms with E-state index >= 15 is 0 Å². The van der Waals surface area contributed by atoms with Gasteiger partial charge in [0.25, 0.3) is 0 Å². The molecule has 0 radical (unpaired) electrons. The fourth-order valence-electron chi connectivity index (χ4n) is 3.69. The zero-order chi connectivity index (χ0) is 16.7. The number of fused-ring (bicyclic) bond motifs is 3. The van der Waals surface area contributed by atoms with Gasteiger partial charge in [0.05, 0.1) is 11.2 Å². The molecular formula is C21H20ClNO. The SMILES string of the molecule is Cc1c(O)c(Cc2ccc(Cl)cc2)nc2c3c(ccc12)CCCC3. The maximum absolute atomic E-state index is 10.6. The van der Waals surface area contributed by atoms with Crippen molar-refractivity contribution >= 4 is 22.5 Å². The van der Waals surface area contributed by atoms with E-state index in [4.69, 9.17) is 16.6 Å². The number of aromatic nitrogens is 1. The fraction of sp³-hybridized carbons (Fsp3) is 0.286. The van der Waals surface area contributed by atoms with Crippen LogP contribution in [0, 0.1) is 6.92 Å². The molecule has 1 N–H and O–H groups in total. The van der Waals surface area contributed by atoms with Crippen molar-refractivity contribution in [1.29, 1.82) is 0 Å². The first kappa shape index (κ1) is 15.5. The van der Waals surface area contributed by atoms with Gasteiger partial charge in [0, 0.05) is 22.4 Å². The van der Waals surface area contributed by atoms with Crippen molar-refractivity contribution in [2.75, 3.05) is 0 Å². The second kappa shape index (κ2) is 6.10. The van der Waals surface area contributed by atoms with E-state index < -0.39 is 0 Å². The molecule has 0 spiro atoms. The van der Waals surface area contributed by atoms with Gasteiger partial charge in [0.15, 0.2) is 0 Å². The molecular weight excluding hydrogens is 318 g/mol. The molecule has 1 aromatic heterocycles. The third-order valence-corrected chi connectivity index (χ3v) is 5.32. The summed E-state index contributed by atoms with van der Waals surface area (Å²) < 4.78 is 0. The van der Waals surface area contributed by atoms with Crippen LogP contribution in [0.5, 0.6) is 5.75 Å². The quantitative estimate of drug-likeness (QED) is 0.681. The summed E-state index contributed by atoms with van der Waals surface area (Å²) in [6.07, 6.45) is 5.32. The first-order chi connectivity index (χ1) is 11.6. The maximum atomic E-state index is 10.6. The lowest BCUT2D eigenvalue weighted by Gasteiger charge is -2.19. The van der Waals surface area contributed by atoms with Gasteiger partial charge >= 0.3 is 0 Å². The number of aryl methyl sites for hydroxylation is 3. The van der Waals surface area contributed by atoms with Gasteiger partial charge in [0.1, 0.15) is 5.75 Å². The van der Waals surface area contributed by atoms with E-state index in [2.05, 4.69) is 12.1 Å². The van der Waals surface area contributed by atoms with Crippen LogP contribution in [0.1, 0.15) is 40.8 Å². The van der Waals surface area contributed by atoms with Crippen LogP contribution in [0.25, 0.3) is 10.9 Å². The highest BCUT2D eigenvalue weighted by atomic mass is 35.5. The molecule has 24 heavy (non-hydrogen) atoms. The van der Waals surface area contributed by atoms with Crippen molar-refractivity contribution in [2.24, 2.45) is 0 Å². The molecule has 0 saturated heterocycles. The smallest absolute Gasteiger partial charge is 0.140 e. The van der Waals surface area contributed by atoms with Crippen LogP contribution in [0.3, 0.4) is 0 Å². The molecule has 0 unspecified atom stereocenters. The Labute approximate surface area is 147 Å². The molecule has 122 valence electrons. The summed E-state index contributed by atoms with van der Waals surface area (Å²) in [6.45, 7) is 1.99. The van der Waals surface area contributed by atoms with Crippen LogP contribution in [0.4, 0.5) is 0 Å². The Morgan fingerprint density at radius 1 is 1.04 bits per heavy atom. The van der Waals surface area contributed by atoms with Crippen LogP contribution in [0.2, 0.25) is 5.02 Å². The summed E-state index contributed by atoms with van der Waals surface area (Å²) in [5.74, 6) is 0.313. The fourth-order valence-corrected chi connectivity index (χ4v) is 3.82. The molecule has 0 atom stereocenters. The van der Waals surface area contributed by atoms with Crippen molar-refractivity contribution in [3.05, 3.63) is 69.4 Å². The maximum Gasteiger partial charge on any atom is 0.140 e. The number of hydrogen-bond acceptors (Lipinski definition) is 2.